The first-order valence-corrected chi connectivity index (χ1v) is 13.0. The molecule has 0 aliphatic carbocycles. The van der Waals surface area contributed by atoms with Gasteiger partial charge in [-0.05, 0) is 65.4 Å². The van der Waals surface area contributed by atoms with Crippen molar-refractivity contribution in [2.45, 2.75) is 65.3 Å². The van der Waals surface area contributed by atoms with Crippen molar-refractivity contribution in [1.29, 1.82) is 0 Å². The average molecular weight is 556 g/mol. The summed E-state index contributed by atoms with van der Waals surface area (Å²) in [4.78, 5) is 58.7. The number of H-pyrrole nitrogens is 1. The van der Waals surface area contributed by atoms with E-state index in [4.69, 9.17) is 7.85 Å². The Hall–Kier alpha value is -4.15. The van der Waals surface area contributed by atoms with Crippen LogP contribution in [0.4, 0.5) is 5.95 Å². The molecule has 216 valence electrons. The van der Waals surface area contributed by atoms with Gasteiger partial charge in [0.2, 0.25) is 5.95 Å². The summed E-state index contributed by atoms with van der Waals surface area (Å²) < 4.78 is 19.2. The van der Waals surface area contributed by atoms with Crippen LogP contribution in [0.5, 0.6) is 0 Å². The molecule has 40 heavy (non-hydrogen) atoms. The van der Waals surface area contributed by atoms with Gasteiger partial charge in [-0.3, -0.25) is 19.0 Å². The lowest BCUT2D eigenvalue weighted by molar-refractivity contribution is -0.145. The summed E-state index contributed by atoms with van der Waals surface area (Å²) in [5.74, 6) is -4.25. The van der Waals surface area contributed by atoms with Gasteiger partial charge in [0, 0.05) is 32.9 Å². The molecule has 11 nitrogen and oxygen atoms in total. The highest BCUT2D eigenvalue weighted by atomic mass is 16.4. The van der Waals surface area contributed by atoms with Crippen LogP contribution in [0.15, 0.2) is 23.1 Å². The van der Waals surface area contributed by atoms with Gasteiger partial charge in [0.1, 0.15) is 11.7 Å². The van der Waals surface area contributed by atoms with Gasteiger partial charge >= 0.3 is 11.9 Å². The Labute approximate surface area is 236 Å². The molecule has 3 aromatic rings. The molecule has 3 rings (SSSR count). The number of carboxylic acid groups (broad SMARTS) is 2. The molecule has 2 heterocycles. The summed E-state index contributed by atoms with van der Waals surface area (Å²) in [6.45, 7) is 10.7. The normalized spacial score (nSPS) is 14.7. The lowest BCUT2D eigenvalue weighted by Gasteiger charge is -2.34. The largest absolute Gasteiger partial charge is 0.481 e. The lowest BCUT2D eigenvalue weighted by Crippen LogP contribution is -2.47. The first-order chi connectivity index (χ1) is 19.4. The van der Waals surface area contributed by atoms with Crippen molar-refractivity contribution in [3.63, 3.8) is 0 Å². The summed E-state index contributed by atoms with van der Waals surface area (Å²) >= 11 is 0. The number of amides is 1. The number of benzene rings is 1. The van der Waals surface area contributed by atoms with Gasteiger partial charge in [-0.2, -0.15) is 4.98 Å². The van der Waals surface area contributed by atoms with Gasteiger partial charge in [-0.15, -0.1) is 0 Å². The summed E-state index contributed by atoms with van der Waals surface area (Å²) in [6.07, 6.45) is 1.28. The van der Waals surface area contributed by atoms with Crippen molar-refractivity contribution in [2.24, 2.45) is 13.0 Å². The third-order valence-corrected chi connectivity index (χ3v) is 8.02. The van der Waals surface area contributed by atoms with Crippen LogP contribution < -0.4 is 10.9 Å². The second kappa shape index (κ2) is 11.1. The van der Waals surface area contributed by atoms with Crippen molar-refractivity contribution < 1.29 is 27.3 Å². The molecule has 0 saturated carbocycles. The van der Waals surface area contributed by atoms with Crippen molar-refractivity contribution in [3.05, 3.63) is 56.5 Å². The highest BCUT2D eigenvalue weighted by Crippen LogP contribution is 2.43. The van der Waals surface area contributed by atoms with Gasteiger partial charge < -0.3 is 25.4 Å². The number of aromatic nitrogens is 3. The second-order valence-electron chi connectivity index (χ2n) is 11.0. The van der Waals surface area contributed by atoms with Crippen LogP contribution in [0.25, 0.3) is 11.0 Å². The number of aliphatic carboxylic acids is 2. The summed E-state index contributed by atoms with van der Waals surface area (Å²) in [5.41, 5.74) is 1.56. The van der Waals surface area contributed by atoms with Crippen LogP contribution in [-0.2, 0) is 22.1 Å². The molecule has 11 heteroatoms. The molecule has 1 aromatic carbocycles. The topological polar surface area (TPSA) is 158 Å². The van der Waals surface area contributed by atoms with E-state index in [0.717, 1.165) is 4.90 Å². The predicted molar refractivity (Wildman–Crippen MR) is 153 cm³/mol. The molecule has 2 aromatic heterocycles. The Balaban J connectivity index is 2.14. The quantitative estimate of drug-likeness (QED) is 0.295. The zero-order valence-corrected chi connectivity index (χ0v) is 24.4. The molecule has 2 unspecified atom stereocenters. The van der Waals surface area contributed by atoms with Crippen LogP contribution >= 0.6 is 0 Å². The molecule has 4 N–H and O–H groups in total. The fraction of sp³-hybridized carbons (Fsp3) is 0.483. The lowest BCUT2D eigenvalue weighted by atomic mass is 9.69. The van der Waals surface area contributed by atoms with Crippen LogP contribution in [-0.4, -0.2) is 67.6 Å². The SMILES string of the molecule is [2H]c1c(C)c(C(C)C(C)(C)c2c[nH]c3nc(NC)n(C)c(=O)c23)c(C)c([2H])c1C(=O)N(C)[C@H](C(=O)O)C(C)CC(=O)O. The number of hydrogen-bond donors (Lipinski definition) is 4. The predicted octanol–water partition coefficient (Wildman–Crippen LogP) is 3.64. The Kier molecular flexibility index (Phi) is 7.64. The molecule has 0 aliphatic heterocycles. The molecular weight excluding hydrogens is 514 g/mol. The minimum absolute atomic E-state index is 0.203. The standard InChI is InChI=1S/C29H39N5O6/c1-14-10-18(25(37)33(8)23(27(39)40)16(3)12-20(35)36)11-15(2)21(14)17(4)29(5,6)19-13-31-24-22(19)26(38)34(9)28(30-7)32-24/h10-11,13,16-17,23,31H,12H2,1-9H3,(H,30,32)(H,35,36)(H,39,40)/t16?,17?,23-/m0/s1/i10D,11D. The van der Waals surface area contributed by atoms with E-state index in [1.807, 2.05) is 20.8 Å². The molecule has 0 radical (unpaired) electrons. The molecular formula is C29H39N5O6. The first kappa shape index (κ1) is 27.4. The number of nitrogens with one attached hydrogen (secondary N) is 2. The number of aromatic amines is 1. The smallest absolute Gasteiger partial charge is 0.326 e. The minimum Gasteiger partial charge on any atom is -0.481 e. The van der Waals surface area contributed by atoms with Crippen molar-refractivity contribution in [1.82, 2.24) is 19.4 Å². The van der Waals surface area contributed by atoms with Crippen LogP contribution in [0.1, 0.15) is 75.4 Å². The maximum Gasteiger partial charge on any atom is 0.326 e. The van der Waals surface area contributed by atoms with Gasteiger partial charge in [-0.25, -0.2) is 4.79 Å². The number of fused-ring (bicyclic) bond motifs is 1. The number of hydrogen-bond acceptors (Lipinski definition) is 6. The third-order valence-electron chi connectivity index (χ3n) is 8.02. The van der Waals surface area contributed by atoms with E-state index < -0.39 is 41.6 Å². The van der Waals surface area contributed by atoms with E-state index in [1.54, 1.807) is 34.1 Å². The van der Waals surface area contributed by atoms with E-state index in [2.05, 4.69) is 15.3 Å². The summed E-state index contributed by atoms with van der Waals surface area (Å²) in [6, 6.07) is -1.87. The van der Waals surface area contributed by atoms with E-state index >= 15 is 0 Å². The van der Waals surface area contributed by atoms with Crippen LogP contribution in [0.2, 0.25) is 0 Å². The van der Waals surface area contributed by atoms with Crippen molar-refractivity contribution in [2.75, 3.05) is 19.4 Å². The molecule has 0 spiro atoms. The monoisotopic (exact) mass is 555 g/mol. The molecule has 0 aliphatic rings. The molecule has 0 bridgehead atoms. The highest BCUT2D eigenvalue weighted by molar-refractivity contribution is 5.97. The molecule has 1 amide bonds. The zero-order chi connectivity index (χ0) is 32.0. The summed E-state index contributed by atoms with van der Waals surface area (Å²) in [5, 5.41) is 22.3. The first-order valence-electron chi connectivity index (χ1n) is 14.0. The number of carbonyl (C=O) groups excluding carboxylic acids is 1. The van der Waals surface area contributed by atoms with Gasteiger partial charge in [0.25, 0.3) is 11.5 Å². The second-order valence-corrected chi connectivity index (χ2v) is 11.0. The molecule has 3 atom stereocenters. The van der Waals surface area contributed by atoms with Crippen molar-refractivity contribution >= 4 is 34.8 Å². The van der Waals surface area contributed by atoms with Crippen LogP contribution in [0, 0.1) is 19.8 Å². The van der Waals surface area contributed by atoms with Gasteiger partial charge in [-0.1, -0.05) is 27.7 Å². The maximum atomic E-state index is 13.6. The number of carbonyl (C=O) groups is 3. The Morgan fingerprint density at radius 3 is 2.27 bits per heavy atom. The fourth-order valence-electron chi connectivity index (χ4n) is 5.55. The number of nitrogens with zero attached hydrogens (tertiary/aromatic N) is 3. The Morgan fingerprint density at radius 2 is 1.77 bits per heavy atom. The number of anilines is 1. The number of likely N-dealkylation sites (N-methyl/N-ethyl adjacent to an activating group) is 1. The Morgan fingerprint density at radius 1 is 1.20 bits per heavy atom. The van der Waals surface area contributed by atoms with E-state index in [0.29, 0.717) is 39.2 Å². The minimum atomic E-state index is -1.47. The van der Waals surface area contributed by atoms with E-state index in [1.165, 1.54) is 18.5 Å². The van der Waals surface area contributed by atoms with E-state index in [9.17, 15) is 24.3 Å². The van der Waals surface area contributed by atoms with Crippen LogP contribution in [0.3, 0.4) is 0 Å². The average Bonchev–Trinajstić information content (AvgIpc) is 3.34. The zero-order valence-electron chi connectivity index (χ0n) is 26.4. The molecule has 0 saturated heterocycles. The fourth-order valence-corrected chi connectivity index (χ4v) is 5.55. The summed E-state index contributed by atoms with van der Waals surface area (Å²) in [7, 11) is 4.55. The molecule has 0 fully saturated rings. The van der Waals surface area contributed by atoms with Crippen molar-refractivity contribution in [3.8, 4) is 0 Å². The third kappa shape index (κ3) is 5.32. The Bertz CT molecular complexity index is 1610. The number of carboxylic acids is 2. The van der Waals surface area contributed by atoms with Gasteiger partial charge in [0.15, 0.2) is 0 Å². The highest BCUT2D eigenvalue weighted by Gasteiger charge is 2.36. The van der Waals surface area contributed by atoms with E-state index in [-0.39, 0.29) is 29.1 Å². The van der Waals surface area contributed by atoms with Gasteiger partial charge in [0.05, 0.1) is 14.5 Å². The number of rotatable bonds is 10. The maximum absolute atomic E-state index is 13.6.